The van der Waals surface area contributed by atoms with Gasteiger partial charge in [-0.25, -0.2) is 0 Å². The van der Waals surface area contributed by atoms with Gasteiger partial charge in [-0.05, 0) is 24.0 Å². The van der Waals surface area contributed by atoms with Crippen molar-refractivity contribution in [1.82, 2.24) is 0 Å². The maximum absolute atomic E-state index is 5.19. The molecule has 14 heavy (non-hydrogen) atoms. The summed E-state index contributed by atoms with van der Waals surface area (Å²) in [4.78, 5) is 4.39. The van der Waals surface area contributed by atoms with E-state index in [1.165, 1.54) is 11.1 Å². The van der Waals surface area contributed by atoms with Gasteiger partial charge in [-0.15, -0.1) is 0 Å². The van der Waals surface area contributed by atoms with E-state index in [1.807, 2.05) is 0 Å². The van der Waals surface area contributed by atoms with Crippen molar-refractivity contribution in [1.29, 1.82) is 0 Å². The number of rotatable bonds is 0. The second-order valence-corrected chi connectivity index (χ2v) is 3.50. The summed E-state index contributed by atoms with van der Waals surface area (Å²) in [6.07, 6.45) is 3.00. The Balaban J connectivity index is 2.19. The molecule has 0 radical (unpaired) electrons. The molecule has 0 aliphatic carbocycles. The quantitative estimate of drug-likeness (QED) is 0.613. The fraction of sp³-hybridized carbons (Fsp3) is 0.417. The zero-order valence-corrected chi connectivity index (χ0v) is 8.49. The third-order valence-corrected chi connectivity index (χ3v) is 2.63. The Morgan fingerprint density at radius 3 is 2.50 bits per heavy atom. The van der Waals surface area contributed by atoms with Gasteiger partial charge in [0.2, 0.25) is 0 Å². The molecule has 1 heterocycles. The Kier molecular flexibility index (Phi) is 2.82. The first kappa shape index (κ1) is 9.25. The van der Waals surface area contributed by atoms with E-state index in [0.29, 0.717) is 0 Å². The average molecular weight is 189 g/mol. The van der Waals surface area contributed by atoms with E-state index in [0.717, 1.165) is 31.7 Å². The minimum atomic E-state index is 0.847. The van der Waals surface area contributed by atoms with Gasteiger partial charge >= 0.3 is 0 Å². The molecule has 0 unspecified atom stereocenters. The van der Waals surface area contributed by atoms with Gasteiger partial charge in [-0.2, -0.15) is 0 Å². The number of nitrogens with zero attached hydrogens (tertiary/aromatic N) is 1. The van der Waals surface area contributed by atoms with Crippen molar-refractivity contribution in [3.63, 3.8) is 0 Å². The summed E-state index contributed by atoms with van der Waals surface area (Å²) >= 11 is 0. The molecule has 2 rings (SSSR count). The maximum atomic E-state index is 5.19. The van der Waals surface area contributed by atoms with Crippen molar-refractivity contribution in [3.8, 4) is 0 Å². The molecule has 0 saturated carbocycles. The van der Waals surface area contributed by atoms with Crippen LogP contribution in [0.4, 0.5) is 0 Å². The lowest BCUT2D eigenvalue weighted by Crippen LogP contribution is -2.10. The fourth-order valence-electron chi connectivity index (χ4n) is 1.83. The highest BCUT2D eigenvalue weighted by Gasteiger charge is 2.07. The van der Waals surface area contributed by atoms with Crippen molar-refractivity contribution in [2.45, 2.75) is 19.3 Å². The van der Waals surface area contributed by atoms with Crippen molar-refractivity contribution in [2.75, 3.05) is 13.7 Å². The number of ether oxygens (including phenoxy) is 1. The van der Waals surface area contributed by atoms with Crippen molar-refractivity contribution in [3.05, 3.63) is 35.4 Å². The Bertz CT molecular complexity index is 344. The molecule has 0 aromatic heterocycles. The molecule has 0 fully saturated rings. The lowest BCUT2D eigenvalue weighted by Gasteiger charge is -2.13. The van der Waals surface area contributed by atoms with Crippen molar-refractivity contribution in [2.24, 2.45) is 4.99 Å². The van der Waals surface area contributed by atoms with Crippen LogP contribution in [0.15, 0.2) is 29.3 Å². The normalized spacial score (nSPS) is 16.2. The van der Waals surface area contributed by atoms with Crippen LogP contribution in [0.2, 0.25) is 0 Å². The van der Waals surface area contributed by atoms with E-state index < -0.39 is 0 Å². The van der Waals surface area contributed by atoms with E-state index in [-0.39, 0.29) is 0 Å². The van der Waals surface area contributed by atoms with Crippen LogP contribution >= 0.6 is 0 Å². The van der Waals surface area contributed by atoms with Crippen molar-refractivity contribution >= 4 is 5.90 Å². The average Bonchev–Trinajstić information content (AvgIpc) is 2.19. The molecular formula is C12H15NO. The smallest absolute Gasteiger partial charge is 0.183 e. The lowest BCUT2D eigenvalue weighted by molar-refractivity contribution is 0.387. The molecule has 74 valence electrons. The van der Waals surface area contributed by atoms with Gasteiger partial charge in [0, 0.05) is 13.0 Å². The first-order valence-corrected chi connectivity index (χ1v) is 5.04. The summed E-state index contributed by atoms with van der Waals surface area (Å²) in [5.41, 5.74) is 2.88. The molecule has 2 heteroatoms. The molecule has 0 atom stereocenters. The number of fused-ring (bicyclic) bond motifs is 1. The standard InChI is InChI=1S/C12H15NO/c1-14-12-7-6-10-4-2-3-5-11(10)8-9-13-12/h2-5H,6-9H2,1H3. The van der Waals surface area contributed by atoms with E-state index in [1.54, 1.807) is 7.11 Å². The number of benzene rings is 1. The van der Waals surface area contributed by atoms with E-state index >= 15 is 0 Å². The Labute approximate surface area is 84.6 Å². The Morgan fingerprint density at radius 1 is 1.07 bits per heavy atom. The third kappa shape index (κ3) is 1.95. The van der Waals surface area contributed by atoms with Crippen LogP contribution in [-0.2, 0) is 17.6 Å². The van der Waals surface area contributed by atoms with Crippen LogP contribution in [0.3, 0.4) is 0 Å². The third-order valence-electron chi connectivity index (χ3n) is 2.63. The zero-order chi connectivity index (χ0) is 9.80. The van der Waals surface area contributed by atoms with Gasteiger partial charge in [0.05, 0.1) is 7.11 Å². The minimum Gasteiger partial charge on any atom is -0.484 e. The van der Waals surface area contributed by atoms with Gasteiger partial charge in [-0.1, -0.05) is 24.3 Å². The number of aliphatic imine (C=N–C) groups is 1. The Morgan fingerprint density at radius 2 is 1.79 bits per heavy atom. The largest absolute Gasteiger partial charge is 0.484 e. The van der Waals surface area contributed by atoms with Gasteiger partial charge in [0.1, 0.15) is 0 Å². The summed E-state index contributed by atoms with van der Waals surface area (Å²) in [6, 6.07) is 8.60. The summed E-state index contributed by atoms with van der Waals surface area (Å²) in [7, 11) is 1.70. The first-order valence-electron chi connectivity index (χ1n) is 5.04. The SMILES string of the molecule is COC1=NCCc2ccccc2CC1. The predicted molar refractivity (Wildman–Crippen MR) is 57.8 cm³/mol. The summed E-state index contributed by atoms with van der Waals surface area (Å²) in [6.45, 7) is 0.847. The van der Waals surface area contributed by atoms with Crippen LogP contribution in [0, 0.1) is 0 Å². The van der Waals surface area contributed by atoms with E-state index in [2.05, 4.69) is 29.3 Å². The summed E-state index contributed by atoms with van der Waals surface area (Å²) in [5, 5.41) is 0. The highest BCUT2D eigenvalue weighted by molar-refractivity contribution is 5.76. The molecule has 0 bridgehead atoms. The van der Waals surface area contributed by atoms with E-state index in [4.69, 9.17) is 4.74 Å². The molecule has 0 saturated heterocycles. The van der Waals surface area contributed by atoms with Gasteiger partial charge in [-0.3, -0.25) is 4.99 Å². The highest BCUT2D eigenvalue weighted by atomic mass is 16.5. The topological polar surface area (TPSA) is 21.6 Å². The van der Waals surface area contributed by atoms with Gasteiger partial charge in [0.25, 0.3) is 0 Å². The zero-order valence-electron chi connectivity index (χ0n) is 8.49. The predicted octanol–water partition coefficient (Wildman–Crippen LogP) is 2.22. The monoisotopic (exact) mass is 189 g/mol. The summed E-state index contributed by atoms with van der Waals surface area (Å²) < 4.78 is 5.19. The van der Waals surface area contributed by atoms with Crippen LogP contribution < -0.4 is 0 Å². The van der Waals surface area contributed by atoms with Crippen LogP contribution in [0.25, 0.3) is 0 Å². The Hall–Kier alpha value is -1.31. The number of methoxy groups -OCH3 is 1. The molecule has 1 aliphatic heterocycles. The molecule has 0 amide bonds. The molecule has 2 nitrogen and oxygen atoms in total. The molecular weight excluding hydrogens is 174 g/mol. The molecule has 1 aromatic rings. The number of aryl methyl sites for hydroxylation is 1. The highest BCUT2D eigenvalue weighted by Crippen LogP contribution is 2.14. The van der Waals surface area contributed by atoms with Crippen LogP contribution in [0.1, 0.15) is 17.5 Å². The molecule has 0 spiro atoms. The number of hydrogen-bond acceptors (Lipinski definition) is 2. The molecule has 1 aliphatic rings. The van der Waals surface area contributed by atoms with Crippen molar-refractivity contribution < 1.29 is 4.74 Å². The lowest BCUT2D eigenvalue weighted by atomic mass is 9.99. The van der Waals surface area contributed by atoms with E-state index in [9.17, 15) is 0 Å². The fourth-order valence-corrected chi connectivity index (χ4v) is 1.83. The van der Waals surface area contributed by atoms with Crippen LogP contribution in [-0.4, -0.2) is 19.6 Å². The molecule has 1 aromatic carbocycles. The second kappa shape index (κ2) is 4.27. The molecule has 0 N–H and O–H groups in total. The minimum absolute atomic E-state index is 0.847. The number of hydrogen-bond donors (Lipinski definition) is 0. The summed E-state index contributed by atoms with van der Waals surface area (Å²) in [5.74, 6) is 0.888. The first-order chi connectivity index (χ1) is 6.90. The second-order valence-electron chi connectivity index (χ2n) is 3.50. The van der Waals surface area contributed by atoms with Gasteiger partial charge < -0.3 is 4.74 Å². The van der Waals surface area contributed by atoms with Gasteiger partial charge in [0.15, 0.2) is 5.90 Å². The van der Waals surface area contributed by atoms with Crippen LogP contribution in [0.5, 0.6) is 0 Å². The maximum Gasteiger partial charge on any atom is 0.183 e.